The molecule has 0 unspecified atom stereocenters. The molecule has 1 N–H and O–H groups in total. The van der Waals surface area contributed by atoms with Crippen LogP contribution in [0.3, 0.4) is 0 Å². The summed E-state index contributed by atoms with van der Waals surface area (Å²) in [5, 5.41) is 6.24. The van der Waals surface area contributed by atoms with Gasteiger partial charge >= 0.3 is 6.03 Å². The van der Waals surface area contributed by atoms with Crippen molar-refractivity contribution in [2.75, 3.05) is 25.5 Å². The second-order valence-corrected chi connectivity index (χ2v) is 7.53. The first kappa shape index (κ1) is 19.7. The summed E-state index contributed by atoms with van der Waals surface area (Å²) in [5.74, 6) is -2.57. The van der Waals surface area contributed by atoms with Gasteiger partial charge in [0, 0.05) is 32.1 Å². The topological polar surface area (TPSA) is 70.5 Å². The molecule has 2 aromatic rings. The van der Waals surface area contributed by atoms with E-state index in [-0.39, 0.29) is 35.9 Å². The highest BCUT2D eigenvalue weighted by Gasteiger charge is 2.36. The van der Waals surface area contributed by atoms with E-state index in [4.69, 9.17) is 11.6 Å². The van der Waals surface area contributed by atoms with E-state index in [1.807, 2.05) is 0 Å². The van der Waals surface area contributed by atoms with Crippen molar-refractivity contribution in [3.05, 3.63) is 45.7 Å². The van der Waals surface area contributed by atoms with E-state index in [0.29, 0.717) is 30.4 Å². The molecule has 11 heteroatoms. The molecule has 0 fully saturated rings. The first-order valence-electron chi connectivity index (χ1n) is 8.93. The molecule has 1 aromatic carbocycles. The lowest BCUT2D eigenvalue weighted by Gasteiger charge is -2.25. The van der Waals surface area contributed by atoms with Crippen LogP contribution in [0.2, 0.25) is 5.02 Å². The number of nitrogens with one attached hydrogen (secondary N) is 1. The number of fused-ring (bicyclic) bond motifs is 3. The smallest absolute Gasteiger partial charge is 0.305 e. The number of urea groups is 1. The number of rotatable bonds is 1. The number of carbonyl (C=O) groups excluding carboxylic acids is 2. The van der Waals surface area contributed by atoms with Crippen molar-refractivity contribution >= 4 is 29.2 Å². The molecule has 1 aromatic heterocycles. The summed E-state index contributed by atoms with van der Waals surface area (Å²) in [5.41, 5.74) is 0.979. The van der Waals surface area contributed by atoms with Gasteiger partial charge in [0.15, 0.2) is 0 Å². The molecule has 4 rings (SSSR count). The Balaban J connectivity index is 1.61. The van der Waals surface area contributed by atoms with E-state index in [1.165, 1.54) is 4.68 Å². The fraction of sp³-hybridized carbons (Fsp3) is 0.389. The van der Waals surface area contributed by atoms with Crippen LogP contribution in [0.5, 0.6) is 0 Å². The van der Waals surface area contributed by atoms with Crippen LogP contribution in [0.4, 0.5) is 23.7 Å². The highest BCUT2D eigenvalue weighted by atomic mass is 35.5. The highest BCUT2D eigenvalue weighted by molar-refractivity contribution is 6.31. The van der Waals surface area contributed by atoms with Gasteiger partial charge in [0.1, 0.15) is 17.8 Å². The van der Waals surface area contributed by atoms with Gasteiger partial charge in [0.25, 0.3) is 5.91 Å². The molecular weight excluding hydrogens is 411 g/mol. The van der Waals surface area contributed by atoms with Crippen molar-refractivity contribution in [3.8, 4) is 0 Å². The van der Waals surface area contributed by atoms with E-state index in [0.717, 1.165) is 11.0 Å². The number of halogens is 4. The molecule has 0 spiro atoms. The Morgan fingerprint density at radius 2 is 2.03 bits per heavy atom. The summed E-state index contributed by atoms with van der Waals surface area (Å²) in [6, 6.07) is 0.619. The van der Waals surface area contributed by atoms with Gasteiger partial charge in [-0.15, -0.1) is 0 Å². The third-order valence-electron chi connectivity index (χ3n) is 4.96. The molecule has 154 valence electrons. The van der Waals surface area contributed by atoms with Crippen LogP contribution in [-0.2, 0) is 19.5 Å². The summed E-state index contributed by atoms with van der Waals surface area (Å²) < 4.78 is 42.8. The molecule has 0 saturated heterocycles. The van der Waals surface area contributed by atoms with E-state index in [9.17, 15) is 22.8 Å². The maximum Gasteiger partial charge on any atom is 0.328 e. The Labute approximate surface area is 169 Å². The number of hydrogen-bond acceptors (Lipinski definition) is 4. The lowest BCUT2D eigenvalue weighted by atomic mass is 10.0. The SMILES string of the molecule is CN1Cc2c3c(nn2C[C@@H](F)C1)CCN(C(=O)Nc1cc(Cl)c(F)cc1F)C3=O. The summed E-state index contributed by atoms with van der Waals surface area (Å²) in [7, 11) is 1.74. The molecule has 1 atom stereocenters. The molecule has 3 heterocycles. The van der Waals surface area contributed by atoms with Gasteiger partial charge in [-0.25, -0.2) is 18.0 Å². The Morgan fingerprint density at radius 1 is 1.28 bits per heavy atom. The number of carbonyl (C=O) groups is 2. The quantitative estimate of drug-likeness (QED) is 0.710. The molecule has 2 aliphatic rings. The molecular formula is C18H17ClF3N5O2. The largest absolute Gasteiger partial charge is 0.328 e. The molecule has 0 saturated carbocycles. The van der Waals surface area contributed by atoms with Crippen molar-refractivity contribution in [2.24, 2.45) is 0 Å². The molecule has 0 aliphatic carbocycles. The van der Waals surface area contributed by atoms with Crippen molar-refractivity contribution in [3.63, 3.8) is 0 Å². The normalized spacial score (nSPS) is 19.6. The number of benzene rings is 1. The van der Waals surface area contributed by atoms with E-state index in [1.54, 1.807) is 11.9 Å². The van der Waals surface area contributed by atoms with Crippen molar-refractivity contribution in [1.29, 1.82) is 0 Å². The average molecular weight is 428 g/mol. The standard InChI is InChI=1S/C18H17ClF3N5O2/c1-25-6-9(20)7-27-15(8-25)16-13(24-27)2-3-26(17(16)28)18(29)23-14-4-10(19)11(21)5-12(14)22/h4-5,9H,2-3,6-8H2,1H3,(H,23,29)/t9-/m0/s1. The van der Waals surface area contributed by atoms with E-state index >= 15 is 0 Å². The van der Waals surface area contributed by atoms with Gasteiger partial charge in [-0.2, -0.15) is 5.10 Å². The summed E-state index contributed by atoms with van der Waals surface area (Å²) in [4.78, 5) is 28.3. The fourth-order valence-electron chi connectivity index (χ4n) is 3.64. The number of hydrogen-bond donors (Lipinski definition) is 1. The van der Waals surface area contributed by atoms with Crippen molar-refractivity contribution < 1.29 is 22.8 Å². The molecule has 3 amide bonds. The number of imide groups is 1. The average Bonchev–Trinajstić information content (AvgIpc) is 2.90. The minimum Gasteiger partial charge on any atom is -0.305 e. The second kappa shape index (κ2) is 7.34. The van der Waals surface area contributed by atoms with Gasteiger partial charge in [-0.05, 0) is 13.1 Å². The van der Waals surface area contributed by atoms with Crippen LogP contribution in [0.1, 0.15) is 21.7 Å². The van der Waals surface area contributed by atoms with Crippen LogP contribution in [0.15, 0.2) is 12.1 Å². The fourth-order valence-corrected chi connectivity index (χ4v) is 3.80. The van der Waals surface area contributed by atoms with Gasteiger partial charge < -0.3 is 5.32 Å². The number of alkyl halides is 1. The Hall–Kier alpha value is -2.59. The number of anilines is 1. The first-order chi connectivity index (χ1) is 13.7. The van der Waals surface area contributed by atoms with Crippen LogP contribution < -0.4 is 5.32 Å². The van der Waals surface area contributed by atoms with Gasteiger partial charge in [-0.1, -0.05) is 11.6 Å². The van der Waals surface area contributed by atoms with Crippen LogP contribution in [0.25, 0.3) is 0 Å². The number of aromatic nitrogens is 2. The third kappa shape index (κ3) is 3.58. The second-order valence-electron chi connectivity index (χ2n) is 7.13. The maximum absolute atomic E-state index is 14.0. The maximum atomic E-state index is 14.0. The predicted octanol–water partition coefficient (Wildman–Crippen LogP) is 2.83. The monoisotopic (exact) mass is 427 g/mol. The van der Waals surface area contributed by atoms with Crippen LogP contribution in [0, 0.1) is 11.6 Å². The summed E-state index contributed by atoms with van der Waals surface area (Å²) >= 11 is 5.64. The number of nitrogens with zero attached hydrogens (tertiary/aromatic N) is 4. The van der Waals surface area contributed by atoms with Crippen LogP contribution in [-0.4, -0.2) is 57.8 Å². The Morgan fingerprint density at radius 3 is 2.79 bits per heavy atom. The van der Waals surface area contributed by atoms with E-state index in [2.05, 4.69) is 10.4 Å². The number of amides is 3. The van der Waals surface area contributed by atoms with Crippen LogP contribution >= 0.6 is 11.6 Å². The summed E-state index contributed by atoms with van der Waals surface area (Å²) in [6.07, 6.45) is -0.828. The zero-order valence-corrected chi connectivity index (χ0v) is 16.1. The molecule has 0 bridgehead atoms. The lowest BCUT2D eigenvalue weighted by molar-refractivity contribution is 0.0796. The van der Waals surface area contributed by atoms with E-state index < -0.39 is 29.7 Å². The zero-order valence-electron chi connectivity index (χ0n) is 15.4. The Kier molecular flexibility index (Phi) is 4.99. The Bertz CT molecular complexity index is 1010. The third-order valence-corrected chi connectivity index (χ3v) is 5.25. The van der Waals surface area contributed by atoms with Gasteiger partial charge in [0.05, 0.1) is 34.2 Å². The minimum atomic E-state index is -1.12. The lowest BCUT2D eigenvalue weighted by Crippen LogP contribution is -2.44. The summed E-state index contributed by atoms with van der Waals surface area (Å²) in [6.45, 7) is 0.582. The molecule has 0 radical (unpaired) electrons. The molecule has 29 heavy (non-hydrogen) atoms. The highest BCUT2D eigenvalue weighted by Crippen LogP contribution is 2.27. The molecule has 2 aliphatic heterocycles. The van der Waals surface area contributed by atoms with Crippen molar-refractivity contribution in [1.82, 2.24) is 19.6 Å². The van der Waals surface area contributed by atoms with Crippen molar-refractivity contribution in [2.45, 2.75) is 25.7 Å². The molecule has 7 nitrogen and oxygen atoms in total. The first-order valence-corrected chi connectivity index (χ1v) is 9.31. The van der Waals surface area contributed by atoms with Gasteiger partial charge in [-0.3, -0.25) is 19.3 Å². The van der Waals surface area contributed by atoms with Gasteiger partial charge in [0.2, 0.25) is 0 Å². The predicted molar refractivity (Wildman–Crippen MR) is 98.6 cm³/mol. The minimum absolute atomic E-state index is 0.0273. The zero-order chi connectivity index (χ0) is 20.9.